The lowest BCUT2D eigenvalue weighted by Crippen LogP contribution is -2.35. The average molecular weight is 249 g/mol. The second kappa shape index (κ2) is 5.31. The molecule has 0 radical (unpaired) electrons. The topological polar surface area (TPSA) is 21.3 Å². The Balaban J connectivity index is 2.97. The van der Waals surface area contributed by atoms with Crippen molar-refractivity contribution in [1.82, 2.24) is 5.32 Å². The van der Waals surface area contributed by atoms with Gasteiger partial charge in [0.05, 0.1) is 7.11 Å². The Labute approximate surface area is 112 Å². The molecule has 0 amide bonds. The van der Waals surface area contributed by atoms with E-state index in [4.69, 9.17) is 4.74 Å². The lowest BCUT2D eigenvalue weighted by Gasteiger charge is -2.24. The first-order valence-corrected chi connectivity index (χ1v) is 6.56. The first-order valence-electron chi connectivity index (χ1n) is 6.56. The number of rotatable bonds is 3. The zero-order valence-electron chi connectivity index (χ0n) is 12.8. The van der Waals surface area contributed by atoms with Gasteiger partial charge in [0.25, 0.3) is 0 Å². The van der Waals surface area contributed by atoms with E-state index in [0.717, 1.165) is 12.3 Å². The summed E-state index contributed by atoms with van der Waals surface area (Å²) < 4.78 is 5.45. The predicted octanol–water partition coefficient (Wildman–Crippen LogP) is 3.88. The maximum Gasteiger partial charge on any atom is 0.122 e. The van der Waals surface area contributed by atoms with Crippen LogP contribution in [-0.4, -0.2) is 12.6 Å². The molecule has 0 atom stereocenters. The van der Waals surface area contributed by atoms with Crippen molar-refractivity contribution >= 4 is 0 Å². The average Bonchev–Trinajstić information content (AvgIpc) is 2.24. The highest BCUT2D eigenvalue weighted by atomic mass is 16.5. The van der Waals surface area contributed by atoms with Crippen LogP contribution in [0.5, 0.6) is 5.75 Å². The van der Waals surface area contributed by atoms with Gasteiger partial charge in [0.1, 0.15) is 5.75 Å². The van der Waals surface area contributed by atoms with E-state index in [1.54, 1.807) is 7.11 Å². The third kappa shape index (κ3) is 4.34. The fraction of sp³-hybridized carbons (Fsp3) is 0.625. The minimum absolute atomic E-state index is 0.100. The van der Waals surface area contributed by atoms with Crippen LogP contribution < -0.4 is 10.1 Å². The molecule has 102 valence electrons. The lowest BCUT2D eigenvalue weighted by atomic mass is 9.85. The standard InChI is InChI=1S/C16H27NO/c1-15(2,3)13-10-12(8-9-14(13)18-7)11-17-16(4,5)6/h8-10,17H,11H2,1-7H3. The van der Waals surface area contributed by atoms with Crippen LogP contribution in [-0.2, 0) is 12.0 Å². The van der Waals surface area contributed by atoms with Crippen LogP contribution in [0.3, 0.4) is 0 Å². The third-order valence-corrected chi connectivity index (χ3v) is 2.89. The van der Waals surface area contributed by atoms with E-state index in [9.17, 15) is 0 Å². The van der Waals surface area contributed by atoms with Crippen molar-refractivity contribution in [3.8, 4) is 5.75 Å². The highest BCUT2D eigenvalue weighted by Crippen LogP contribution is 2.32. The summed E-state index contributed by atoms with van der Waals surface area (Å²) in [5.74, 6) is 0.974. The summed E-state index contributed by atoms with van der Waals surface area (Å²) in [4.78, 5) is 0. The molecular formula is C16H27NO. The smallest absolute Gasteiger partial charge is 0.122 e. The fourth-order valence-corrected chi connectivity index (χ4v) is 1.82. The van der Waals surface area contributed by atoms with Crippen molar-refractivity contribution in [2.75, 3.05) is 7.11 Å². The van der Waals surface area contributed by atoms with Crippen molar-refractivity contribution in [3.63, 3.8) is 0 Å². The van der Waals surface area contributed by atoms with E-state index >= 15 is 0 Å². The van der Waals surface area contributed by atoms with E-state index < -0.39 is 0 Å². The molecular weight excluding hydrogens is 222 g/mol. The summed E-state index contributed by atoms with van der Waals surface area (Å²) in [5.41, 5.74) is 2.80. The van der Waals surface area contributed by atoms with Crippen LogP contribution in [0.25, 0.3) is 0 Å². The van der Waals surface area contributed by atoms with E-state index in [0.29, 0.717) is 0 Å². The highest BCUT2D eigenvalue weighted by Gasteiger charge is 2.19. The van der Waals surface area contributed by atoms with Crippen molar-refractivity contribution < 1.29 is 4.74 Å². The second-order valence-electron chi connectivity index (χ2n) is 6.89. The fourth-order valence-electron chi connectivity index (χ4n) is 1.82. The van der Waals surface area contributed by atoms with Crippen molar-refractivity contribution in [3.05, 3.63) is 29.3 Å². The van der Waals surface area contributed by atoms with Gasteiger partial charge in [-0.2, -0.15) is 0 Å². The summed E-state index contributed by atoms with van der Waals surface area (Å²) in [6.07, 6.45) is 0. The second-order valence-corrected chi connectivity index (χ2v) is 6.89. The lowest BCUT2D eigenvalue weighted by molar-refractivity contribution is 0.396. The van der Waals surface area contributed by atoms with Gasteiger partial charge in [-0.3, -0.25) is 0 Å². The third-order valence-electron chi connectivity index (χ3n) is 2.89. The van der Waals surface area contributed by atoms with Gasteiger partial charge >= 0.3 is 0 Å². The van der Waals surface area contributed by atoms with Crippen LogP contribution in [0.2, 0.25) is 0 Å². The highest BCUT2D eigenvalue weighted by molar-refractivity contribution is 5.41. The molecule has 18 heavy (non-hydrogen) atoms. The zero-order chi connectivity index (χ0) is 14.0. The van der Waals surface area contributed by atoms with Gasteiger partial charge in [0.15, 0.2) is 0 Å². The Morgan fingerprint density at radius 1 is 1.06 bits per heavy atom. The number of hydrogen-bond donors (Lipinski definition) is 1. The van der Waals surface area contributed by atoms with Crippen LogP contribution in [0, 0.1) is 0 Å². The van der Waals surface area contributed by atoms with Gasteiger partial charge in [-0.25, -0.2) is 0 Å². The molecule has 0 bridgehead atoms. The maximum atomic E-state index is 5.45. The Kier molecular flexibility index (Phi) is 4.44. The summed E-state index contributed by atoms with van der Waals surface area (Å²) in [7, 11) is 1.73. The quantitative estimate of drug-likeness (QED) is 0.877. The molecule has 0 saturated carbocycles. The van der Waals surface area contributed by atoms with Gasteiger partial charge in [-0.15, -0.1) is 0 Å². The number of benzene rings is 1. The van der Waals surface area contributed by atoms with E-state index in [1.807, 2.05) is 0 Å². The Hall–Kier alpha value is -1.02. The molecule has 0 aliphatic carbocycles. The van der Waals surface area contributed by atoms with Crippen molar-refractivity contribution in [2.24, 2.45) is 0 Å². The largest absolute Gasteiger partial charge is 0.496 e. The Morgan fingerprint density at radius 2 is 1.67 bits per heavy atom. The maximum absolute atomic E-state index is 5.45. The minimum Gasteiger partial charge on any atom is -0.496 e. The molecule has 1 aromatic rings. The van der Waals surface area contributed by atoms with Crippen molar-refractivity contribution in [2.45, 2.75) is 59.0 Å². The van der Waals surface area contributed by atoms with Crippen LogP contribution in [0.1, 0.15) is 52.7 Å². The molecule has 2 nitrogen and oxygen atoms in total. The van der Waals surface area contributed by atoms with Gasteiger partial charge < -0.3 is 10.1 Å². The van der Waals surface area contributed by atoms with Gasteiger partial charge in [0.2, 0.25) is 0 Å². The summed E-state index contributed by atoms with van der Waals surface area (Å²) >= 11 is 0. The van der Waals surface area contributed by atoms with Gasteiger partial charge in [0, 0.05) is 12.1 Å². The van der Waals surface area contributed by atoms with Crippen LogP contribution in [0.15, 0.2) is 18.2 Å². The molecule has 0 saturated heterocycles. The normalized spacial score (nSPS) is 12.6. The van der Waals surface area contributed by atoms with E-state index in [-0.39, 0.29) is 11.0 Å². The molecule has 1 rings (SSSR count). The van der Waals surface area contributed by atoms with Gasteiger partial charge in [-0.05, 0) is 43.4 Å². The summed E-state index contributed by atoms with van der Waals surface area (Å²) in [6.45, 7) is 14.1. The Bertz CT molecular complexity index is 397. The van der Waals surface area contributed by atoms with E-state index in [2.05, 4.69) is 65.1 Å². The van der Waals surface area contributed by atoms with Crippen LogP contribution >= 0.6 is 0 Å². The number of nitrogens with one attached hydrogen (secondary N) is 1. The molecule has 0 aliphatic heterocycles. The molecule has 0 heterocycles. The first kappa shape index (κ1) is 15.0. The van der Waals surface area contributed by atoms with Gasteiger partial charge in [-0.1, -0.05) is 32.9 Å². The molecule has 2 heteroatoms. The molecule has 1 N–H and O–H groups in total. The minimum atomic E-state index is 0.100. The molecule has 0 aliphatic rings. The number of hydrogen-bond acceptors (Lipinski definition) is 2. The summed E-state index contributed by atoms with van der Waals surface area (Å²) in [6, 6.07) is 6.45. The summed E-state index contributed by atoms with van der Waals surface area (Å²) in [5, 5.41) is 3.51. The molecule has 0 fully saturated rings. The first-order chi connectivity index (χ1) is 8.13. The predicted molar refractivity (Wildman–Crippen MR) is 78.3 cm³/mol. The Morgan fingerprint density at radius 3 is 2.11 bits per heavy atom. The monoisotopic (exact) mass is 249 g/mol. The zero-order valence-corrected chi connectivity index (χ0v) is 12.8. The molecule has 0 aromatic heterocycles. The molecule has 0 unspecified atom stereocenters. The van der Waals surface area contributed by atoms with E-state index in [1.165, 1.54) is 11.1 Å². The number of methoxy groups -OCH3 is 1. The molecule has 1 aromatic carbocycles. The van der Waals surface area contributed by atoms with Crippen molar-refractivity contribution in [1.29, 1.82) is 0 Å². The number of ether oxygens (including phenoxy) is 1. The van der Waals surface area contributed by atoms with Crippen LogP contribution in [0.4, 0.5) is 0 Å². The SMILES string of the molecule is COc1ccc(CNC(C)(C)C)cc1C(C)(C)C. The molecule has 0 spiro atoms.